The average molecular weight is 322 g/mol. The second-order valence-corrected chi connectivity index (χ2v) is 5.75. The van der Waals surface area contributed by atoms with Gasteiger partial charge in [-0.2, -0.15) is 0 Å². The quantitative estimate of drug-likeness (QED) is 0.803. The summed E-state index contributed by atoms with van der Waals surface area (Å²) >= 11 is 0. The molecule has 0 amide bonds. The lowest BCUT2D eigenvalue weighted by Gasteiger charge is -2.10. The average Bonchev–Trinajstić information content (AvgIpc) is 2.63. The zero-order valence-corrected chi connectivity index (χ0v) is 13.6. The van der Waals surface area contributed by atoms with Crippen molar-refractivity contribution in [2.75, 3.05) is 0 Å². The first kappa shape index (κ1) is 15.8. The summed E-state index contributed by atoms with van der Waals surface area (Å²) in [5, 5.41) is 10.1. The highest BCUT2D eigenvalue weighted by molar-refractivity contribution is 5.63. The normalized spacial score (nSPS) is 10.8. The van der Waals surface area contributed by atoms with Gasteiger partial charge in [-0.15, -0.1) is 0 Å². The van der Waals surface area contributed by atoms with Crippen molar-refractivity contribution in [3.63, 3.8) is 0 Å². The summed E-state index contributed by atoms with van der Waals surface area (Å²) in [5.74, 6) is -0.282. The van der Waals surface area contributed by atoms with Crippen LogP contribution in [0.3, 0.4) is 0 Å². The molecule has 1 N–H and O–H groups in total. The van der Waals surface area contributed by atoms with E-state index in [2.05, 4.69) is 0 Å². The molecule has 5 nitrogen and oxygen atoms in total. The van der Waals surface area contributed by atoms with Crippen molar-refractivity contribution in [3.05, 3.63) is 86.6 Å². The fourth-order valence-electron chi connectivity index (χ4n) is 2.71. The summed E-state index contributed by atoms with van der Waals surface area (Å²) in [6.45, 7) is 0. The van der Waals surface area contributed by atoms with Gasteiger partial charge in [-0.25, -0.2) is 4.79 Å². The van der Waals surface area contributed by atoms with Crippen molar-refractivity contribution in [3.8, 4) is 17.0 Å². The molecule has 0 saturated heterocycles. The summed E-state index contributed by atoms with van der Waals surface area (Å²) in [6.07, 6.45) is 0.266. The predicted molar refractivity (Wildman–Crippen MR) is 93.3 cm³/mol. The van der Waals surface area contributed by atoms with E-state index in [0.29, 0.717) is 0 Å². The van der Waals surface area contributed by atoms with E-state index in [4.69, 9.17) is 0 Å². The van der Waals surface area contributed by atoms with E-state index in [1.54, 1.807) is 0 Å². The molecule has 24 heavy (non-hydrogen) atoms. The third-order valence-electron chi connectivity index (χ3n) is 4.17. The van der Waals surface area contributed by atoms with E-state index < -0.39 is 11.2 Å². The molecule has 2 aromatic carbocycles. The largest absolute Gasteiger partial charge is 0.494 e. The number of aromatic hydroxyl groups is 1. The minimum absolute atomic E-state index is 0.215. The molecule has 0 radical (unpaired) electrons. The van der Waals surface area contributed by atoms with E-state index in [-0.39, 0.29) is 17.9 Å². The maximum Gasteiger partial charge on any atom is 0.333 e. The lowest BCUT2D eigenvalue weighted by atomic mass is 10.0. The van der Waals surface area contributed by atoms with Crippen molar-refractivity contribution >= 4 is 0 Å². The highest BCUT2D eigenvalue weighted by atomic mass is 16.3. The molecule has 0 aliphatic carbocycles. The minimum atomic E-state index is -0.541. The minimum Gasteiger partial charge on any atom is -0.494 e. The third-order valence-corrected chi connectivity index (χ3v) is 4.17. The van der Waals surface area contributed by atoms with Crippen LogP contribution in [0, 0.1) is 0 Å². The Labute approximate surface area is 139 Å². The van der Waals surface area contributed by atoms with Crippen LogP contribution in [0.25, 0.3) is 11.1 Å². The summed E-state index contributed by atoms with van der Waals surface area (Å²) in [7, 11) is 2.85. The van der Waals surface area contributed by atoms with Crippen LogP contribution in [-0.2, 0) is 20.5 Å². The molecule has 122 valence electrons. The van der Waals surface area contributed by atoms with Gasteiger partial charge < -0.3 is 5.11 Å². The van der Waals surface area contributed by atoms with E-state index >= 15 is 0 Å². The van der Waals surface area contributed by atoms with E-state index in [1.165, 1.54) is 14.1 Å². The molecule has 0 saturated carbocycles. The topological polar surface area (TPSA) is 64.2 Å². The van der Waals surface area contributed by atoms with E-state index in [0.717, 1.165) is 25.8 Å². The standard InChI is InChI=1S/C19H18N2O3/c1-20-17(22)16(18(23)21(2)19(20)24)12-13-8-10-15(11-9-13)14-6-4-3-5-7-14/h3-11,22H,12H2,1-2H3. The molecule has 0 fully saturated rings. The van der Waals surface area contributed by atoms with Gasteiger partial charge in [0.15, 0.2) is 0 Å². The first-order chi connectivity index (χ1) is 11.5. The van der Waals surface area contributed by atoms with Gasteiger partial charge in [-0.05, 0) is 16.7 Å². The Kier molecular flexibility index (Phi) is 4.08. The number of nitrogens with zero attached hydrogens (tertiary/aromatic N) is 2. The molecule has 0 spiro atoms. The van der Waals surface area contributed by atoms with Gasteiger partial charge in [0.25, 0.3) is 5.56 Å². The van der Waals surface area contributed by atoms with Crippen molar-refractivity contribution < 1.29 is 5.11 Å². The van der Waals surface area contributed by atoms with Gasteiger partial charge in [0.1, 0.15) is 0 Å². The molecule has 0 aliphatic heterocycles. The van der Waals surface area contributed by atoms with Crippen LogP contribution in [0.1, 0.15) is 11.1 Å². The number of hydrogen-bond acceptors (Lipinski definition) is 3. The van der Waals surface area contributed by atoms with Gasteiger partial charge in [0.2, 0.25) is 5.88 Å². The summed E-state index contributed by atoms with van der Waals surface area (Å²) in [5.41, 5.74) is 2.29. The van der Waals surface area contributed by atoms with Gasteiger partial charge in [-0.3, -0.25) is 13.9 Å². The molecular weight excluding hydrogens is 304 g/mol. The maximum absolute atomic E-state index is 12.2. The monoisotopic (exact) mass is 322 g/mol. The van der Waals surface area contributed by atoms with Gasteiger partial charge in [0, 0.05) is 20.5 Å². The van der Waals surface area contributed by atoms with Crippen LogP contribution in [0.15, 0.2) is 64.2 Å². The number of aromatic nitrogens is 2. The van der Waals surface area contributed by atoms with Crippen LogP contribution in [-0.4, -0.2) is 14.2 Å². The van der Waals surface area contributed by atoms with Crippen molar-refractivity contribution in [1.82, 2.24) is 9.13 Å². The Morgan fingerprint density at radius 3 is 2.04 bits per heavy atom. The summed E-state index contributed by atoms with van der Waals surface area (Å²) in [6, 6.07) is 17.8. The number of hydrogen-bond donors (Lipinski definition) is 1. The van der Waals surface area contributed by atoms with Crippen LogP contribution >= 0.6 is 0 Å². The molecule has 1 aromatic heterocycles. The molecule has 0 aliphatic rings. The lowest BCUT2D eigenvalue weighted by molar-refractivity contribution is 0.404. The zero-order valence-electron chi connectivity index (χ0n) is 13.6. The van der Waals surface area contributed by atoms with Crippen molar-refractivity contribution in [1.29, 1.82) is 0 Å². The summed E-state index contributed by atoms with van der Waals surface area (Å²) < 4.78 is 2.09. The second-order valence-electron chi connectivity index (χ2n) is 5.75. The Balaban J connectivity index is 1.96. The fourth-order valence-corrected chi connectivity index (χ4v) is 2.71. The Morgan fingerprint density at radius 1 is 0.833 bits per heavy atom. The lowest BCUT2D eigenvalue weighted by Crippen LogP contribution is -2.38. The van der Waals surface area contributed by atoms with E-state index in [9.17, 15) is 14.7 Å². The first-order valence-corrected chi connectivity index (χ1v) is 7.61. The van der Waals surface area contributed by atoms with Crippen LogP contribution in [0.2, 0.25) is 0 Å². The molecule has 1 heterocycles. The number of benzene rings is 2. The molecule has 3 aromatic rings. The Bertz CT molecular complexity index is 984. The van der Waals surface area contributed by atoms with Gasteiger partial charge in [0.05, 0.1) is 5.56 Å². The SMILES string of the molecule is Cn1c(O)c(Cc2ccc(-c3ccccc3)cc2)c(=O)n(C)c1=O. The molecule has 0 atom stereocenters. The molecular formula is C19H18N2O3. The third kappa shape index (κ3) is 2.76. The predicted octanol–water partition coefficient (Wildman–Crippen LogP) is 2.05. The van der Waals surface area contributed by atoms with Gasteiger partial charge >= 0.3 is 5.69 Å². The van der Waals surface area contributed by atoms with Gasteiger partial charge in [-0.1, -0.05) is 54.6 Å². The van der Waals surface area contributed by atoms with Crippen molar-refractivity contribution in [2.45, 2.75) is 6.42 Å². The van der Waals surface area contributed by atoms with E-state index in [1.807, 2.05) is 54.6 Å². The molecule has 0 bridgehead atoms. The van der Waals surface area contributed by atoms with Crippen LogP contribution in [0.5, 0.6) is 5.88 Å². The van der Waals surface area contributed by atoms with Crippen LogP contribution < -0.4 is 11.2 Å². The van der Waals surface area contributed by atoms with Crippen LogP contribution in [0.4, 0.5) is 0 Å². The fraction of sp³-hybridized carbons (Fsp3) is 0.158. The zero-order chi connectivity index (χ0) is 17.3. The second kappa shape index (κ2) is 6.20. The Morgan fingerprint density at radius 2 is 1.42 bits per heavy atom. The Hall–Kier alpha value is -3.08. The smallest absolute Gasteiger partial charge is 0.333 e. The highest BCUT2D eigenvalue weighted by Gasteiger charge is 2.15. The molecule has 0 unspecified atom stereocenters. The number of rotatable bonds is 3. The highest BCUT2D eigenvalue weighted by Crippen LogP contribution is 2.21. The molecule has 5 heteroatoms. The van der Waals surface area contributed by atoms with Crippen molar-refractivity contribution in [2.24, 2.45) is 14.1 Å². The summed E-state index contributed by atoms with van der Waals surface area (Å²) in [4.78, 5) is 24.0. The molecule has 3 rings (SSSR count). The first-order valence-electron chi connectivity index (χ1n) is 7.61. The maximum atomic E-state index is 12.2.